The molecule has 0 radical (unpaired) electrons. The molecule has 0 saturated heterocycles. The summed E-state index contributed by atoms with van der Waals surface area (Å²) in [4.78, 5) is 18.3. The van der Waals surface area contributed by atoms with E-state index in [1.54, 1.807) is 11.7 Å². The van der Waals surface area contributed by atoms with E-state index in [1.807, 2.05) is 73.8 Å². The molecule has 0 aliphatic heterocycles. The molecule has 0 spiro atoms. The van der Waals surface area contributed by atoms with E-state index in [0.29, 0.717) is 18.7 Å². The van der Waals surface area contributed by atoms with Crippen molar-refractivity contribution in [1.29, 1.82) is 0 Å². The van der Waals surface area contributed by atoms with Crippen molar-refractivity contribution >= 4 is 32.4 Å². The number of fused-ring (bicyclic) bond motifs is 1. The minimum Gasteiger partial charge on any atom is -0.497 e. The number of methoxy groups -OCH3 is 1. The summed E-state index contributed by atoms with van der Waals surface area (Å²) in [6.07, 6.45) is 4.77. The van der Waals surface area contributed by atoms with Crippen LogP contribution in [0.5, 0.6) is 5.75 Å². The fourth-order valence-corrected chi connectivity index (χ4v) is 4.61. The zero-order valence-corrected chi connectivity index (χ0v) is 21.8. The molecule has 0 unspecified atom stereocenters. The molecule has 5 nitrogen and oxygen atoms in total. The highest BCUT2D eigenvalue weighted by atomic mass is 79.9. The first kappa shape index (κ1) is 24.9. The Morgan fingerprint density at radius 2 is 1.89 bits per heavy atom. The van der Waals surface area contributed by atoms with Crippen molar-refractivity contribution in [3.05, 3.63) is 110 Å². The van der Waals surface area contributed by atoms with Gasteiger partial charge in [0.1, 0.15) is 10.4 Å². The van der Waals surface area contributed by atoms with Crippen LogP contribution >= 0.6 is 15.9 Å². The molecule has 0 N–H and O–H groups in total. The zero-order chi connectivity index (χ0) is 24.8. The summed E-state index contributed by atoms with van der Waals surface area (Å²) in [6, 6.07) is 19.8. The molecule has 4 aromatic rings. The summed E-state index contributed by atoms with van der Waals surface area (Å²) in [5.74, 6) is 0.769. The van der Waals surface area contributed by atoms with Gasteiger partial charge in [-0.25, -0.2) is 4.98 Å². The number of aromatic nitrogens is 2. The standard InChI is InChI=1S/C29H29BrN2O3/c1-4-21(5-2)25-13-14-32(29(33)26(25)19-35-18-20-9-7-6-8-10-20)17-23-15-22-16-24(34-3)11-12-27(22)31-28(23)30/h4,6-16H,5,17-19H2,1-3H3/b21-4-. The Labute approximate surface area is 214 Å². The van der Waals surface area contributed by atoms with Crippen LogP contribution in [0.2, 0.25) is 0 Å². The van der Waals surface area contributed by atoms with Crippen molar-refractivity contribution in [2.24, 2.45) is 0 Å². The van der Waals surface area contributed by atoms with Gasteiger partial charge in [-0.2, -0.15) is 0 Å². The first-order valence-corrected chi connectivity index (χ1v) is 12.5. The minimum absolute atomic E-state index is 0.0546. The summed E-state index contributed by atoms with van der Waals surface area (Å²) in [5, 5.41) is 0.959. The first-order chi connectivity index (χ1) is 17.0. The number of pyridine rings is 2. The molecular formula is C29H29BrN2O3. The molecule has 35 heavy (non-hydrogen) atoms. The van der Waals surface area contributed by atoms with E-state index in [-0.39, 0.29) is 12.2 Å². The number of rotatable bonds is 9. The van der Waals surface area contributed by atoms with Crippen LogP contribution in [0.15, 0.2) is 82.3 Å². The van der Waals surface area contributed by atoms with Gasteiger partial charge in [-0.05, 0) is 76.3 Å². The van der Waals surface area contributed by atoms with Crippen molar-refractivity contribution < 1.29 is 9.47 Å². The zero-order valence-electron chi connectivity index (χ0n) is 20.3. The van der Waals surface area contributed by atoms with E-state index in [2.05, 4.69) is 33.9 Å². The molecule has 2 heterocycles. The molecule has 0 aliphatic rings. The van der Waals surface area contributed by atoms with Crippen LogP contribution in [0.4, 0.5) is 0 Å². The Bertz CT molecular complexity index is 1410. The molecule has 0 aliphatic carbocycles. The molecule has 0 amide bonds. The predicted octanol–water partition coefficient (Wildman–Crippen LogP) is 6.75. The topological polar surface area (TPSA) is 53.4 Å². The van der Waals surface area contributed by atoms with Gasteiger partial charge in [-0.1, -0.05) is 43.3 Å². The number of halogens is 1. The average molecular weight is 533 g/mol. The normalized spacial score (nSPS) is 11.7. The number of ether oxygens (including phenoxy) is 2. The Hall–Kier alpha value is -3.22. The van der Waals surface area contributed by atoms with E-state index >= 15 is 0 Å². The fourth-order valence-electron chi connectivity index (χ4n) is 4.18. The number of allylic oxidation sites excluding steroid dienone is 2. The van der Waals surface area contributed by atoms with E-state index in [4.69, 9.17) is 9.47 Å². The monoisotopic (exact) mass is 532 g/mol. The third-order valence-corrected chi connectivity index (χ3v) is 6.77. The Balaban J connectivity index is 1.68. The third-order valence-electron chi connectivity index (χ3n) is 6.09. The molecular weight excluding hydrogens is 504 g/mol. The Morgan fingerprint density at radius 3 is 2.60 bits per heavy atom. The second-order valence-corrected chi connectivity index (χ2v) is 9.03. The molecule has 2 aromatic carbocycles. The lowest BCUT2D eigenvalue weighted by Gasteiger charge is -2.16. The second kappa shape index (κ2) is 11.5. The van der Waals surface area contributed by atoms with Gasteiger partial charge in [0.2, 0.25) is 0 Å². The van der Waals surface area contributed by atoms with Crippen LogP contribution < -0.4 is 10.3 Å². The maximum atomic E-state index is 13.6. The summed E-state index contributed by atoms with van der Waals surface area (Å²) in [5.41, 5.74) is 5.55. The van der Waals surface area contributed by atoms with Gasteiger partial charge in [0.25, 0.3) is 5.56 Å². The maximum Gasteiger partial charge on any atom is 0.257 e. The average Bonchev–Trinajstić information content (AvgIpc) is 2.88. The second-order valence-electron chi connectivity index (χ2n) is 8.28. The smallest absolute Gasteiger partial charge is 0.257 e. The Morgan fingerprint density at radius 1 is 1.09 bits per heavy atom. The van der Waals surface area contributed by atoms with E-state index in [1.165, 1.54) is 0 Å². The van der Waals surface area contributed by atoms with Crippen LogP contribution in [0.3, 0.4) is 0 Å². The number of benzene rings is 2. The van der Waals surface area contributed by atoms with Crippen molar-refractivity contribution in [2.75, 3.05) is 7.11 Å². The number of hydrogen-bond acceptors (Lipinski definition) is 4. The quantitative estimate of drug-likeness (QED) is 0.224. The first-order valence-electron chi connectivity index (χ1n) is 11.7. The lowest BCUT2D eigenvalue weighted by atomic mass is 9.99. The molecule has 180 valence electrons. The Kier molecular flexibility index (Phi) is 8.16. The van der Waals surface area contributed by atoms with E-state index in [9.17, 15) is 4.79 Å². The van der Waals surface area contributed by atoms with Gasteiger partial charge in [-0.15, -0.1) is 0 Å². The SMILES string of the molecule is C/C=C(/CC)c1ccn(Cc2cc3cc(OC)ccc3nc2Br)c(=O)c1COCc1ccccc1. The highest BCUT2D eigenvalue weighted by Crippen LogP contribution is 2.26. The minimum atomic E-state index is -0.0546. The molecule has 2 aromatic heterocycles. The van der Waals surface area contributed by atoms with Gasteiger partial charge in [-0.3, -0.25) is 4.79 Å². The lowest BCUT2D eigenvalue weighted by molar-refractivity contribution is 0.106. The maximum absolute atomic E-state index is 13.6. The van der Waals surface area contributed by atoms with Crippen LogP contribution in [0.25, 0.3) is 16.5 Å². The van der Waals surface area contributed by atoms with Gasteiger partial charge in [0, 0.05) is 17.1 Å². The van der Waals surface area contributed by atoms with Crippen molar-refractivity contribution in [2.45, 2.75) is 40.0 Å². The molecule has 0 atom stereocenters. The summed E-state index contributed by atoms with van der Waals surface area (Å²) in [6.45, 7) is 5.19. The highest BCUT2D eigenvalue weighted by Gasteiger charge is 2.15. The molecule has 0 fully saturated rings. The fraction of sp³-hybridized carbons (Fsp3) is 0.241. The van der Waals surface area contributed by atoms with Crippen LogP contribution in [0, 0.1) is 0 Å². The summed E-state index contributed by atoms with van der Waals surface area (Å²) < 4.78 is 13.8. The van der Waals surface area contributed by atoms with Crippen LogP contribution in [-0.2, 0) is 24.5 Å². The van der Waals surface area contributed by atoms with Crippen molar-refractivity contribution in [3.63, 3.8) is 0 Å². The molecule has 6 heteroatoms. The molecule has 4 rings (SSSR count). The van der Waals surface area contributed by atoms with Gasteiger partial charge >= 0.3 is 0 Å². The molecule has 0 bridgehead atoms. The lowest BCUT2D eigenvalue weighted by Crippen LogP contribution is -2.26. The predicted molar refractivity (Wildman–Crippen MR) is 145 cm³/mol. The highest BCUT2D eigenvalue weighted by molar-refractivity contribution is 9.10. The van der Waals surface area contributed by atoms with Crippen molar-refractivity contribution in [1.82, 2.24) is 9.55 Å². The van der Waals surface area contributed by atoms with Gasteiger partial charge < -0.3 is 14.0 Å². The van der Waals surface area contributed by atoms with Gasteiger partial charge in [0.05, 0.1) is 37.9 Å². The number of hydrogen-bond donors (Lipinski definition) is 0. The van der Waals surface area contributed by atoms with Crippen LogP contribution in [-0.4, -0.2) is 16.7 Å². The molecule has 0 saturated carbocycles. The van der Waals surface area contributed by atoms with Crippen LogP contribution in [0.1, 0.15) is 42.5 Å². The largest absolute Gasteiger partial charge is 0.497 e. The third kappa shape index (κ3) is 5.72. The van der Waals surface area contributed by atoms with E-state index in [0.717, 1.165) is 49.9 Å². The van der Waals surface area contributed by atoms with Crippen molar-refractivity contribution in [3.8, 4) is 5.75 Å². The summed E-state index contributed by atoms with van der Waals surface area (Å²) in [7, 11) is 1.65. The van der Waals surface area contributed by atoms with E-state index < -0.39 is 0 Å². The van der Waals surface area contributed by atoms with Gasteiger partial charge in [0.15, 0.2) is 0 Å². The summed E-state index contributed by atoms with van der Waals surface area (Å²) >= 11 is 3.59. The number of nitrogens with zero attached hydrogens (tertiary/aromatic N) is 2.